The van der Waals surface area contributed by atoms with E-state index in [1.807, 2.05) is 0 Å². The molecule has 18 heavy (non-hydrogen) atoms. The fourth-order valence-electron chi connectivity index (χ4n) is 2.29. The van der Waals surface area contributed by atoms with Crippen LogP contribution in [0.4, 0.5) is 4.79 Å². The zero-order chi connectivity index (χ0) is 12.8. The van der Waals surface area contributed by atoms with Gasteiger partial charge in [-0.25, -0.2) is 4.79 Å². The molecule has 5 nitrogen and oxygen atoms in total. The van der Waals surface area contributed by atoms with Crippen molar-refractivity contribution in [3.05, 3.63) is 24.3 Å². The normalized spacial score (nSPS) is 17.4. The van der Waals surface area contributed by atoms with Crippen molar-refractivity contribution < 1.29 is 9.53 Å². The van der Waals surface area contributed by atoms with Crippen molar-refractivity contribution in [2.24, 2.45) is 5.41 Å². The van der Waals surface area contributed by atoms with E-state index in [4.69, 9.17) is 4.74 Å². The summed E-state index contributed by atoms with van der Waals surface area (Å²) >= 11 is 0. The summed E-state index contributed by atoms with van der Waals surface area (Å²) < 4.78 is 5.08. The fraction of sp³-hybridized carbons (Fsp3) is 0.615. The number of rotatable bonds is 4. The molecule has 5 heteroatoms. The lowest BCUT2D eigenvalue weighted by Crippen LogP contribution is -2.34. The lowest BCUT2D eigenvalue weighted by Gasteiger charge is -2.23. The van der Waals surface area contributed by atoms with E-state index < -0.39 is 0 Å². The number of alkyl carbamates (subject to hydrolysis) is 1. The second kappa shape index (κ2) is 5.80. The quantitative estimate of drug-likeness (QED) is 0.889. The highest BCUT2D eigenvalue weighted by Crippen LogP contribution is 2.36. The predicted molar refractivity (Wildman–Crippen MR) is 66.8 cm³/mol. The first kappa shape index (κ1) is 12.8. The summed E-state index contributed by atoms with van der Waals surface area (Å²) in [4.78, 5) is 19.5. The Kier molecular flexibility index (Phi) is 4.12. The molecule has 1 N–H and O–H groups in total. The number of aromatic nitrogens is 2. The van der Waals surface area contributed by atoms with Crippen molar-refractivity contribution in [1.82, 2.24) is 15.3 Å². The van der Waals surface area contributed by atoms with Crippen LogP contribution in [0.25, 0.3) is 0 Å². The van der Waals surface area contributed by atoms with Gasteiger partial charge in [-0.15, -0.1) is 0 Å². The standard InChI is InChI=1S/C13H19N3O2/c1-13(4-2-3-5-13)10-16-12(17)18-9-11-8-14-6-7-15-11/h6-8H,2-5,9-10H2,1H3,(H,16,17). The molecule has 1 saturated carbocycles. The van der Waals surface area contributed by atoms with E-state index in [0.29, 0.717) is 12.2 Å². The second-order valence-corrected chi connectivity index (χ2v) is 5.14. The first-order valence-corrected chi connectivity index (χ1v) is 6.33. The molecule has 0 saturated heterocycles. The van der Waals surface area contributed by atoms with Crippen LogP contribution in [0.3, 0.4) is 0 Å². The van der Waals surface area contributed by atoms with Crippen LogP contribution < -0.4 is 5.32 Å². The molecule has 1 aliphatic rings. The van der Waals surface area contributed by atoms with Crippen LogP contribution in [0.2, 0.25) is 0 Å². The average molecular weight is 249 g/mol. The Bertz CT molecular complexity index is 388. The van der Waals surface area contributed by atoms with Crippen molar-refractivity contribution in [3.63, 3.8) is 0 Å². The zero-order valence-corrected chi connectivity index (χ0v) is 10.7. The van der Waals surface area contributed by atoms with Gasteiger partial charge in [0.1, 0.15) is 6.61 Å². The summed E-state index contributed by atoms with van der Waals surface area (Å²) in [5.41, 5.74) is 0.894. The molecule has 0 radical (unpaired) electrons. The summed E-state index contributed by atoms with van der Waals surface area (Å²) in [6, 6.07) is 0. The van der Waals surface area contributed by atoms with Gasteiger partial charge >= 0.3 is 6.09 Å². The Morgan fingerprint density at radius 3 is 2.89 bits per heavy atom. The van der Waals surface area contributed by atoms with Crippen molar-refractivity contribution in [2.45, 2.75) is 39.2 Å². The van der Waals surface area contributed by atoms with Crippen molar-refractivity contribution in [1.29, 1.82) is 0 Å². The van der Waals surface area contributed by atoms with Crippen LogP contribution >= 0.6 is 0 Å². The van der Waals surface area contributed by atoms with Gasteiger partial charge in [-0.1, -0.05) is 19.8 Å². The van der Waals surface area contributed by atoms with Gasteiger partial charge in [0.15, 0.2) is 0 Å². The molecule has 0 bridgehead atoms. The molecule has 1 amide bonds. The largest absolute Gasteiger partial charge is 0.443 e. The summed E-state index contributed by atoms with van der Waals surface area (Å²) in [5, 5.41) is 2.83. The molecule has 0 atom stereocenters. The Labute approximate surface area is 107 Å². The highest BCUT2D eigenvalue weighted by molar-refractivity contribution is 5.67. The number of nitrogens with zero attached hydrogens (tertiary/aromatic N) is 2. The average Bonchev–Trinajstić information content (AvgIpc) is 2.83. The molecule has 0 spiro atoms. The number of ether oxygens (including phenoxy) is 1. The first-order chi connectivity index (χ1) is 8.68. The van der Waals surface area contributed by atoms with Crippen LogP contribution in [-0.2, 0) is 11.3 Å². The highest BCUT2D eigenvalue weighted by atomic mass is 16.5. The van der Waals surface area contributed by atoms with Gasteiger partial charge < -0.3 is 10.1 Å². The molecule has 1 aliphatic carbocycles. The van der Waals surface area contributed by atoms with Crippen LogP contribution in [0.1, 0.15) is 38.3 Å². The lowest BCUT2D eigenvalue weighted by atomic mass is 9.89. The maximum Gasteiger partial charge on any atom is 0.407 e. The van der Waals surface area contributed by atoms with E-state index in [9.17, 15) is 4.79 Å². The third kappa shape index (κ3) is 3.68. The third-order valence-electron chi connectivity index (χ3n) is 3.44. The second-order valence-electron chi connectivity index (χ2n) is 5.14. The summed E-state index contributed by atoms with van der Waals surface area (Å²) in [6.45, 7) is 3.06. The number of hydrogen-bond acceptors (Lipinski definition) is 4. The van der Waals surface area contributed by atoms with E-state index >= 15 is 0 Å². The summed E-state index contributed by atoms with van der Waals surface area (Å²) in [7, 11) is 0. The molecule has 0 aromatic carbocycles. The van der Waals surface area contributed by atoms with Gasteiger partial charge in [-0.2, -0.15) is 0 Å². The minimum absolute atomic E-state index is 0.163. The van der Waals surface area contributed by atoms with Crippen LogP contribution in [0.15, 0.2) is 18.6 Å². The Morgan fingerprint density at radius 1 is 1.44 bits per heavy atom. The molecule has 1 fully saturated rings. The molecular weight excluding hydrogens is 230 g/mol. The smallest absolute Gasteiger partial charge is 0.407 e. The topological polar surface area (TPSA) is 64.1 Å². The molecule has 0 aliphatic heterocycles. The van der Waals surface area contributed by atoms with Crippen LogP contribution in [0.5, 0.6) is 0 Å². The van der Waals surface area contributed by atoms with Gasteiger partial charge in [-0.3, -0.25) is 9.97 Å². The SMILES string of the molecule is CC1(CNC(=O)OCc2cnccn2)CCCC1. The number of hydrogen-bond donors (Lipinski definition) is 1. The van der Waals surface area contributed by atoms with Crippen molar-refractivity contribution in [3.8, 4) is 0 Å². The number of nitrogens with one attached hydrogen (secondary N) is 1. The van der Waals surface area contributed by atoms with Gasteiger partial charge in [0, 0.05) is 18.9 Å². The van der Waals surface area contributed by atoms with Gasteiger partial charge in [0.25, 0.3) is 0 Å². The molecule has 2 rings (SSSR count). The van der Waals surface area contributed by atoms with E-state index in [1.165, 1.54) is 25.7 Å². The lowest BCUT2D eigenvalue weighted by molar-refractivity contribution is 0.133. The Morgan fingerprint density at radius 2 is 2.22 bits per heavy atom. The molecule has 98 valence electrons. The number of carbonyl (C=O) groups excluding carboxylic acids is 1. The van der Waals surface area contributed by atoms with Gasteiger partial charge in [-0.05, 0) is 18.3 Å². The predicted octanol–water partition coefficient (Wildman–Crippen LogP) is 2.28. The van der Waals surface area contributed by atoms with E-state index in [0.717, 1.165) is 0 Å². The third-order valence-corrected chi connectivity index (χ3v) is 3.44. The fourth-order valence-corrected chi connectivity index (χ4v) is 2.29. The maximum atomic E-state index is 11.5. The summed E-state index contributed by atoms with van der Waals surface area (Å²) in [6.07, 6.45) is 9.25. The van der Waals surface area contributed by atoms with Gasteiger partial charge in [0.05, 0.1) is 11.9 Å². The van der Waals surface area contributed by atoms with Gasteiger partial charge in [0.2, 0.25) is 0 Å². The highest BCUT2D eigenvalue weighted by Gasteiger charge is 2.28. The molecule has 1 aromatic heterocycles. The Balaban J connectivity index is 1.69. The van der Waals surface area contributed by atoms with E-state index in [2.05, 4.69) is 22.2 Å². The van der Waals surface area contributed by atoms with E-state index in [1.54, 1.807) is 18.6 Å². The monoisotopic (exact) mass is 249 g/mol. The molecule has 0 unspecified atom stereocenters. The maximum absolute atomic E-state index is 11.5. The number of amides is 1. The van der Waals surface area contributed by atoms with Crippen LogP contribution in [0, 0.1) is 5.41 Å². The van der Waals surface area contributed by atoms with Crippen molar-refractivity contribution >= 4 is 6.09 Å². The Hall–Kier alpha value is -1.65. The minimum Gasteiger partial charge on any atom is -0.443 e. The molecular formula is C13H19N3O2. The summed E-state index contributed by atoms with van der Waals surface area (Å²) in [5.74, 6) is 0. The number of carbonyl (C=O) groups is 1. The van der Waals surface area contributed by atoms with E-state index in [-0.39, 0.29) is 18.1 Å². The van der Waals surface area contributed by atoms with Crippen LogP contribution in [-0.4, -0.2) is 22.6 Å². The first-order valence-electron chi connectivity index (χ1n) is 6.33. The van der Waals surface area contributed by atoms with Crippen molar-refractivity contribution in [2.75, 3.05) is 6.54 Å². The minimum atomic E-state index is -0.381. The molecule has 1 aromatic rings. The molecule has 1 heterocycles. The zero-order valence-electron chi connectivity index (χ0n) is 10.7.